The van der Waals surface area contributed by atoms with Gasteiger partial charge in [-0.15, -0.1) is 0 Å². The average molecular weight is 448 g/mol. The molecule has 164 valence electrons. The first-order chi connectivity index (χ1) is 15.5. The maximum atomic E-state index is 11.9. The lowest BCUT2D eigenvalue weighted by Crippen LogP contribution is -2.33. The van der Waals surface area contributed by atoms with Crippen LogP contribution in [0.1, 0.15) is 42.1 Å². The normalized spacial score (nSPS) is 14.8. The van der Waals surface area contributed by atoms with Gasteiger partial charge in [-0.1, -0.05) is 72.9 Å². The minimum Gasteiger partial charge on any atom is -0.481 e. The lowest BCUT2D eigenvalue weighted by Gasteiger charge is -2.37. The van der Waals surface area contributed by atoms with Crippen molar-refractivity contribution in [2.75, 3.05) is 11.9 Å². The van der Waals surface area contributed by atoms with E-state index in [2.05, 4.69) is 46.4 Å². The summed E-state index contributed by atoms with van der Waals surface area (Å²) in [6, 6.07) is 21.7. The predicted molar refractivity (Wildman–Crippen MR) is 128 cm³/mol. The zero-order valence-corrected chi connectivity index (χ0v) is 18.6. The molecule has 0 fully saturated rings. The molecule has 1 unspecified atom stereocenters. The SMILES string of the molecule is CC(c1ccccc1)N(Cc1ccccc1)[C@H](CC(=O)O)c1cnc2c(c1)NC(=S)CO2. The van der Waals surface area contributed by atoms with Crippen LogP contribution in [0.3, 0.4) is 0 Å². The Morgan fingerprint density at radius 2 is 1.84 bits per heavy atom. The number of nitrogens with one attached hydrogen (secondary N) is 1. The third kappa shape index (κ3) is 5.12. The highest BCUT2D eigenvalue weighted by Gasteiger charge is 2.30. The number of hydrogen-bond acceptors (Lipinski definition) is 5. The Morgan fingerprint density at radius 3 is 2.53 bits per heavy atom. The number of anilines is 1. The second-order valence-electron chi connectivity index (χ2n) is 7.82. The Bertz CT molecular complexity index is 1090. The van der Waals surface area contributed by atoms with E-state index in [-0.39, 0.29) is 12.5 Å². The van der Waals surface area contributed by atoms with Gasteiger partial charge in [0, 0.05) is 24.8 Å². The number of aliphatic carboxylic acids is 1. The molecule has 32 heavy (non-hydrogen) atoms. The van der Waals surface area contributed by atoms with Gasteiger partial charge < -0.3 is 15.2 Å². The van der Waals surface area contributed by atoms with Crippen molar-refractivity contribution < 1.29 is 14.6 Å². The molecule has 0 bridgehead atoms. The third-order valence-electron chi connectivity index (χ3n) is 5.63. The second-order valence-corrected chi connectivity index (χ2v) is 8.31. The highest BCUT2D eigenvalue weighted by atomic mass is 32.1. The molecule has 0 spiro atoms. The Morgan fingerprint density at radius 1 is 1.16 bits per heavy atom. The quantitative estimate of drug-likeness (QED) is 0.471. The number of carbonyl (C=O) groups is 1. The number of hydrogen-bond donors (Lipinski definition) is 2. The largest absolute Gasteiger partial charge is 0.481 e. The maximum absolute atomic E-state index is 11.9. The van der Waals surface area contributed by atoms with Crippen LogP contribution in [-0.2, 0) is 11.3 Å². The standard InChI is InChI=1S/C25H25N3O3S/c1-17(19-10-6-3-7-11-19)28(15-18-8-4-2-5-9-18)22(13-24(29)30)20-12-21-25(26-14-20)31-16-23(32)27-21/h2-12,14,17,22H,13,15-16H2,1H3,(H,27,32)(H,29,30)/t17?,22-/m1/s1. The number of ether oxygens (including phenoxy) is 1. The van der Waals surface area contributed by atoms with E-state index in [1.165, 1.54) is 0 Å². The molecule has 2 heterocycles. The molecule has 3 aromatic rings. The first-order valence-electron chi connectivity index (χ1n) is 10.5. The van der Waals surface area contributed by atoms with Gasteiger partial charge in [0.2, 0.25) is 5.88 Å². The van der Waals surface area contributed by atoms with Gasteiger partial charge in [-0.2, -0.15) is 0 Å². The zero-order valence-electron chi connectivity index (χ0n) is 17.8. The van der Waals surface area contributed by atoms with Crippen molar-refractivity contribution in [3.05, 3.63) is 89.6 Å². The van der Waals surface area contributed by atoms with Gasteiger partial charge in [-0.3, -0.25) is 9.69 Å². The molecule has 0 aliphatic carbocycles. The van der Waals surface area contributed by atoms with Crippen LogP contribution in [0.15, 0.2) is 72.9 Å². The summed E-state index contributed by atoms with van der Waals surface area (Å²) in [5.41, 5.74) is 3.69. The number of fused-ring (bicyclic) bond motifs is 1. The highest BCUT2D eigenvalue weighted by Crippen LogP contribution is 2.37. The van der Waals surface area contributed by atoms with Gasteiger partial charge in [0.1, 0.15) is 17.3 Å². The van der Waals surface area contributed by atoms with Crippen LogP contribution >= 0.6 is 12.2 Å². The molecule has 0 radical (unpaired) electrons. The smallest absolute Gasteiger partial charge is 0.305 e. The minimum atomic E-state index is -0.870. The summed E-state index contributed by atoms with van der Waals surface area (Å²) >= 11 is 5.24. The number of aromatic nitrogens is 1. The van der Waals surface area contributed by atoms with Crippen LogP contribution in [0, 0.1) is 0 Å². The molecule has 1 aromatic heterocycles. The summed E-state index contributed by atoms with van der Waals surface area (Å²) in [5.74, 6) is -0.395. The summed E-state index contributed by atoms with van der Waals surface area (Å²) in [7, 11) is 0. The van der Waals surface area contributed by atoms with E-state index in [9.17, 15) is 9.90 Å². The molecular weight excluding hydrogens is 422 g/mol. The first-order valence-corrected chi connectivity index (χ1v) is 10.9. The molecule has 2 atom stereocenters. The molecule has 2 N–H and O–H groups in total. The fourth-order valence-corrected chi connectivity index (χ4v) is 4.17. The predicted octanol–water partition coefficient (Wildman–Crippen LogP) is 4.99. The Kier molecular flexibility index (Phi) is 6.78. The summed E-state index contributed by atoms with van der Waals surface area (Å²) in [6.07, 6.45) is 1.65. The number of rotatable bonds is 8. The van der Waals surface area contributed by atoms with E-state index in [1.54, 1.807) is 6.20 Å². The molecule has 2 aromatic carbocycles. The molecule has 1 aliphatic rings. The number of carboxylic acid groups (broad SMARTS) is 1. The van der Waals surface area contributed by atoms with E-state index in [0.717, 1.165) is 16.7 Å². The van der Waals surface area contributed by atoms with Crippen LogP contribution < -0.4 is 10.1 Å². The lowest BCUT2D eigenvalue weighted by atomic mass is 9.97. The fourth-order valence-electron chi connectivity index (χ4n) is 4.00. The number of carboxylic acids is 1. The Labute approximate surface area is 192 Å². The number of nitrogens with zero attached hydrogens (tertiary/aromatic N) is 2. The average Bonchev–Trinajstić information content (AvgIpc) is 2.81. The highest BCUT2D eigenvalue weighted by molar-refractivity contribution is 7.80. The second kappa shape index (κ2) is 9.89. The molecule has 7 heteroatoms. The van der Waals surface area contributed by atoms with Crippen molar-refractivity contribution in [2.45, 2.75) is 32.0 Å². The van der Waals surface area contributed by atoms with Crippen LogP contribution in [0.5, 0.6) is 5.88 Å². The first kappa shape index (κ1) is 21.9. The number of pyridine rings is 1. The number of benzene rings is 2. The topological polar surface area (TPSA) is 74.7 Å². The minimum absolute atomic E-state index is 0.0259. The summed E-state index contributed by atoms with van der Waals surface area (Å²) in [6.45, 7) is 2.99. The lowest BCUT2D eigenvalue weighted by molar-refractivity contribution is -0.138. The van der Waals surface area contributed by atoms with Crippen molar-refractivity contribution in [1.29, 1.82) is 0 Å². The van der Waals surface area contributed by atoms with Crippen LogP contribution in [0.2, 0.25) is 0 Å². The molecule has 1 aliphatic heterocycles. The molecule has 4 rings (SSSR count). The van der Waals surface area contributed by atoms with E-state index in [0.29, 0.717) is 29.7 Å². The molecule has 6 nitrogen and oxygen atoms in total. The van der Waals surface area contributed by atoms with Gasteiger partial charge in [0.15, 0.2) is 0 Å². The number of thiocarbonyl (C=S) groups is 1. The van der Waals surface area contributed by atoms with Crippen molar-refractivity contribution in [2.24, 2.45) is 0 Å². The van der Waals surface area contributed by atoms with Crippen molar-refractivity contribution in [1.82, 2.24) is 9.88 Å². The van der Waals surface area contributed by atoms with Crippen LogP contribution in [0.25, 0.3) is 0 Å². The van der Waals surface area contributed by atoms with E-state index >= 15 is 0 Å². The van der Waals surface area contributed by atoms with Gasteiger partial charge in [0.05, 0.1) is 6.42 Å². The van der Waals surface area contributed by atoms with Crippen molar-refractivity contribution in [3.63, 3.8) is 0 Å². The monoisotopic (exact) mass is 447 g/mol. The summed E-state index contributed by atoms with van der Waals surface area (Å²) < 4.78 is 5.58. The summed E-state index contributed by atoms with van der Waals surface area (Å²) in [5, 5.41) is 12.9. The van der Waals surface area contributed by atoms with E-state index in [4.69, 9.17) is 17.0 Å². The zero-order chi connectivity index (χ0) is 22.5. The molecule has 0 amide bonds. The molecule has 0 saturated heterocycles. The molecule has 0 saturated carbocycles. The van der Waals surface area contributed by atoms with E-state index in [1.807, 2.05) is 42.5 Å². The fraction of sp³-hybridized carbons (Fsp3) is 0.240. The van der Waals surface area contributed by atoms with E-state index < -0.39 is 12.0 Å². The van der Waals surface area contributed by atoms with Gasteiger partial charge in [0.25, 0.3) is 0 Å². The Balaban J connectivity index is 1.76. The van der Waals surface area contributed by atoms with Gasteiger partial charge in [-0.25, -0.2) is 4.98 Å². The maximum Gasteiger partial charge on any atom is 0.305 e. The van der Waals surface area contributed by atoms with Crippen molar-refractivity contribution >= 4 is 28.9 Å². The van der Waals surface area contributed by atoms with Crippen molar-refractivity contribution in [3.8, 4) is 5.88 Å². The summed E-state index contributed by atoms with van der Waals surface area (Å²) in [4.78, 5) is 19.2. The van der Waals surface area contributed by atoms with Gasteiger partial charge >= 0.3 is 5.97 Å². The van der Waals surface area contributed by atoms with Gasteiger partial charge in [-0.05, 0) is 29.7 Å². The van der Waals surface area contributed by atoms with Crippen LogP contribution in [-0.4, -0.2) is 32.6 Å². The van der Waals surface area contributed by atoms with Crippen LogP contribution in [0.4, 0.5) is 5.69 Å². The molecular formula is C25H25N3O3S. The Hall–Kier alpha value is -3.29. The third-order valence-corrected chi connectivity index (χ3v) is 5.85.